The average molecular weight is 775 g/mol. The summed E-state index contributed by atoms with van der Waals surface area (Å²) in [5, 5.41) is 6.40. The number of primary amides is 1. The second-order valence-electron chi connectivity index (χ2n) is 14.1. The number of rotatable bonds is 14. The van der Waals surface area contributed by atoms with Crippen LogP contribution in [0.15, 0.2) is 66.7 Å². The van der Waals surface area contributed by atoms with Crippen molar-refractivity contribution in [2.75, 3.05) is 18.5 Å². The molecule has 3 aromatic carbocycles. The number of nitrogens with one attached hydrogen (secondary N) is 3. The molecule has 6 rings (SSSR count). The summed E-state index contributed by atoms with van der Waals surface area (Å²) in [5.41, 5.74) is 9.04. The minimum Gasteiger partial charge on any atom is -0.370 e. The maximum absolute atomic E-state index is 14.3. The molecule has 54 heavy (non-hydrogen) atoms. The molecule has 0 radical (unpaired) electrons. The van der Waals surface area contributed by atoms with Gasteiger partial charge in [0, 0.05) is 53.7 Å². The van der Waals surface area contributed by atoms with Gasteiger partial charge in [0.05, 0.1) is 5.69 Å². The molecule has 0 spiro atoms. The van der Waals surface area contributed by atoms with E-state index in [0.29, 0.717) is 42.5 Å². The van der Waals surface area contributed by atoms with Crippen LogP contribution >= 0.6 is 20.2 Å². The molecule has 7 N–H and O–H groups in total. The first kappa shape index (κ1) is 38.9. The number of likely N-dealkylation sites (N-methyl/N-ethyl adjacent to an activating group) is 1. The maximum Gasteiger partial charge on any atom is 0.396 e. The lowest BCUT2D eigenvalue weighted by molar-refractivity contribution is -0.127. The molecular formula is C38H43N6O8PS. The Bertz CT molecular complexity index is 2170. The van der Waals surface area contributed by atoms with E-state index in [1.807, 2.05) is 56.4 Å². The number of nitrogens with zero attached hydrogens (tertiary/aromatic N) is 2. The zero-order chi connectivity index (χ0) is 38.9. The van der Waals surface area contributed by atoms with Crippen molar-refractivity contribution in [3.63, 3.8) is 0 Å². The Morgan fingerprint density at radius 1 is 1.07 bits per heavy atom. The predicted molar refractivity (Wildman–Crippen MR) is 206 cm³/mol. The van der Waals surface area contributed by atoms with Gasteiger partial charge in [-0.25, -0.2) is 0 Å². The molecule has 1 unspecified atom stereocenters. The normalized spacial score (nSPS) is 17.9. The monoisotopic (exact) mass is 774 g/mol. The summed E-state index contributed by atoms with van der Waals surface area (Å²) in [4.78, 5) is 91.0. The predicted octanol–water partition coefficient (Wildman–Crippen LogP) is 3.36. The fourth-order valence-corrected chi connectivity index (χ4v) is 7.89. The summed E-state index contributed by atoms with van der Waals surface area (Å²) in [7, 11) is -3.08. The van der Waals surface area contributed by atoms with Crippen molar-refractivity contribution in [2.24, 2.45) is 5.73 Å². The molecule has 1 aromatic heterocycles. The minimum atomic E-state index is -5.01. The standard InChI is InChI=1S/C38H43N6O8PS/c1-21(54)23-8-6-22(7-9-23)19-43(2)20-28(12-15-33(39)45)40-36(47)32-18-25-5-3-4-24-10-14-30(37(48)44(32)34(24)25)42-35(46)31-17-27-16-26(11-13-29(27)41-31)38(49)53(50,51)52/h3-9,11,13,16-17,21,28,30,32,41,54H,10,12,14-15,18-20H2,1-2H3,(H2,39,45)(H,40,47)(H,42,46)(H2,50,51,52)/t21?,28-,30-,32-/m0/s1. The molecule has 2 aliphatic rings. The number of hydrogen-bond donors (Lipinski definition) is 7. The van der Waals surface area contributed by atoms with Crippen LogP contribution in [0.2, 0.25) is 0 Å². The Kier molecular flexibility index (Phi) is 11.5. The maximum atomic E-state index is 14.3. The van der Waals surface area contributed by atoms with Crippen molar-refractivity contribution in [3.05, 3.63) is 100 Å². The van der Waals surface area contributed by atoms with Crippen molar-refractivity contribution >= 4 is 66.0 Å². The van der Waals surface area contributed by atoms with Crippen molar-refractivity contribution in [1.82, 2.24) is 20.5 Å². The van der Waals surface area contributed by atoms with Crippen molar-refractivity contribution < 1.29 is 38.3 Å². The highest BCUT2D eigenvalue weighted by Crippen LogP contribution is 2.40. The molecular weight excluding hydrogens is 731 g/mol. The Morgan fingerprint density at radius 2 is 1.80 bits per heavy atom. The number of aryl methyl sites for hydroxylation is 1. The van der Waals surface area contributed by atoms with Gasteiger partial charge in [-0.2, -0.15) is 12.6 Å². The van der Waals surface area contributed by atoms with E-state index in [2.05, 4.69) is 33.1 Å². The lowest BCUT2D eigenvalue weighted by Gasteiger charge is -2.30. The number of carbonyl (C=O) groups excluding carboxylic acids is 5. The third-order valence-electron chi connectivity index (χ3n) is 9.92. The smallest absolute Gasteiger partial charge is 0.370 e. The first-order valence-corrected chi connectivity index (χ1v) is 19.7. The van der Waals surface area contributed by atoms with Gasteiger partial charge in [-0.15, -0.1) is 0 Å². The summed E-state index contributed by atoms with van der Waals surface area (Å²) in [6, 6.07) is 16.9. The molecule has 4 amide bonds. The number of para-hydroxylation sites is 1. The van der Waals surface area contributed by atoms with Gasteiger partial charge in [0.1, 0.15) is 17.8 Å². The highest BCUT2D eigenvalue weighted by Gasteiger charge is 2.44. The zero-order valence-corrected chi connectivity index (χ0v) is 31.6. The van der Waals surface area contributed by atoms with Gasteiger partial charge in [0.25, 0.3) is 11.4 Å². The van der Waals surface area contributed by atoms with Crippen molar-refractivity contribution in [2.45, 2.75) is 68.9 Å². The molecule has 0 aliphatic carbocycles. The van der Waals surface area contributed by atoms with E-state index in [-0.39, 0.29) is 41.7 Å². The Morgan fingerprint density at radius 3 is 2.48 bits per heavy atom. The van der Waals surface area contributed by atoms with Crippen LogP contribution in [0.4, 0.5) is 5.69 Å². The molecule has 2 aliphatic heterocycles. The lowest BCUT2D eigenvalue weighted by atomic mass is 10.0. The number of aromatic amines is 1. The number of carbonyl (C=O) groups is 5. The number of anilines is 1. The first-order chi connectivity index (χ1) is 25.6. The van der Waals surface area contributed by atoms with Gasteiger partial charge in [0.2, 0.25) is 17.7 Å². The largest absolute Gasteiger partial charge is 0.396 e. The molecule has 0 saturated heterocycles. The van der Waals surface area contributed by atoms with Gasteiger partial charge in [-0.05, 0) is 79.8 Å². The number of thiol groups is 1. The van der Waals surface area contributed by atoms with Gasteiger partial charge in [-0.3, -0.25) is 33.4 Å². The van der Waals surface area contributed by atoms with Crippen LogP contribution in [0.3, 0.4) is 0 Å². The van der Waals surface area contributed by atoms with Crippen LogP contribution in [0.25, 0.3) is 10.9 Å². The van der Waals surface area contributed by atoms with Crippen LogP contribution < -0.4 is 21.3 Å². The molecule has 3 heterocycles. The van der Waals surface area contributed by atoms with E-state index in [1.54, 1.807) is 0 Å². The van der Waals surface area contributed by atoms with Gasteiger partial charge in [0.15, 0.2) is 0 Å². The summed E-state index contributed by atoms with van der Waals surface area (Å²) in [6.07, 6.45) is 1.37. The van der Waals surface area contributed by atoms with Crippen LogP contribution in [-0.4, -0.2) is 80.5 Å². The fraction of sp³-hybridized carbons (Fsp3) is 0.342. The van der Waals surface area contributed by atoms with Gasteiger partial charge in [-0.1, -0.05) is 42.5 Å². The van der Waals surface area contributed by atoms with Gasteiger partial charge < -0.3 is 36.0 Å². The number of hydrogen-bond acceptors (Lipinski definition) is 8. The van der Waals surface area contributed by atoms with Crippen molar-refractivity contribution in [3.8, 4) is 0 Å². The molecule has 4 atom stereocenters. The molecule has 4 aromatic rings. The number of amides is 4. The fourth-order valence-electron chi connectivity index (χ4n) is 7.24. The number of H-pyrrole nitrogens is 1. The van der Waals surface area contributed by atoms with E-state index in [4.69, 9.17) is 5.73 Å². The number of fused-ring (bicyclic) bond motifs is 1. The first-order valence-electron chi connectivity index (χ1n) is 17.6. The van der Waals surface area contributed by atoms with Crippen LogP contribution in [0, 0.1) is 0 Å². The summed E-state index contributed by atoms with van der Waals surface area (Å²) >= 11 is 4.49. The summed E-state index contributed by atoms with van der Waals surface area (Å²) < 4.78 is 11.5. The quantitative estimate of drug-likeness (QED) is 0.0738. The molecule has 284 valence electrons. The third kappa shape index (κ3) is 8.61. The highest BCUT2D eigenvalue weighted by molar-refractivity contribution is 7.80. The van der Waals surface area contributed by atoms with Crippen LogP contribution in [0.1, 0.15) is 74.5 Å². The number of aromatic nitrogens is 1. The second-order valence-corrected chi connectivity index (χ2v) is 16.3. The topological polar surface area (TPSA) is 215 Å². The van der Waals surface area contributed by atoms with Crippen molar-refractivity contribution in [1.29, 1.82) is 0 Å². The minimum absolute atomic E-state index is 0.0636. The van der Waals surface area contributed by atoms with Crippen LogP contribution in [-0.2, 0) is 38.3 Å². The highest BCUT2D eigenvalue weighted by atomic mass is 32.1. The lowest BCUT2D eigenvalue weighted by Crippen LogP contribution is -2.56. The molecule has 14 nitrogen and oxygen atoms in total. The Hall–Kier alpha value is -4.79. The number of benzene rings is 3. The van der Waals surface area contributed by atoms with E-state index in [9.17, 15) is 38.3 Å². The average Bonchev–Trinajstić information content (AvgIpc) is 3.70. The molecule has 0 fully saturated rings. The van der Waals surface area contributed by atoms with E-state index >= 15 is 0 Å². The third-order valence-corrected chi connectivity index (χ3v) is 11.0. The second kappa shape index (κ2) is 15.9. The number of nitrogens with two attached hydrogens (primary N) is 1. The van der Waals surface area contributed by atoms with E-state index < -0.39 is 49.0 Å². The zero-order valence-electron chi connectivity index (χ0n) is 29.8. The van der Waals surface area contributed by atoms with Crippen LogP contribution in [0.5, 0.6) is 0 Å². The molecule has 0 bridgehead atoms. The van der Waals surface area contributed by atoms with Gasteiger partial charge >= 0.3 is 7.60 Å². The Labute approximate surface area is 317 Å². The molecule has 0 saturated carbocycles. The van der Waals surface area contributed by atoms with E-state index in [0.717, 1.165) is 22.3 Å². The molecule has 16 heteroatoms. The summed E-state index contributed by atoms with van der Waals surface area (Å²) in [6.45, 7) is 3.02. The SMILES string of the molecule is CC(S)c1ccc(CN(C)C[C@H](CCC(N)=O)NC(=O)[C@@H]2Cc3cccc4c3N2C(=O)[C@@H](NC(=O)c2cc3cc(C(=O)P(=O)(O)O)ccc3[nH]2)CC4)cc1. The summed E-state index contributed by atoms with van der Waals surface area (Å²) in [5.74, 6) is -1.92. The van der Waals surface area contributed by atoms with E-state index in [1.165, 1.54) is 29.2 Å². The Balaban J connectivity index is 1.18.